The number of aryl methyl sites for hydroxylation is 1. The van der Waals surface area contributed by atoms with Crippen molar-refractivity contribution in [3.63, 3.8) is 0 Å². The van der Waals surface area contributed by atoms with Crippen LogP contribution in [0, 0.1) is 18.8 Å². The van der Waals surface area contributed by atoms with Gasteiger partial charge in [0.05, 0.1) is 6.61 Å². The Kier molecular flexibility index (Phi) is 7.38. The number of carbonyl (C=O) groups is 1. The van der Waals surface area contributed by atoms with Gasteiger partial charge < -0.3 is 15.4 Å². The van der Waals surface area contributed by atoms with Gasteiger partial charge in [-0.25, -0.2) is 0 Å². The van der Waals surface area contributed by atoms with Crippen molar-refractivity contribution in [2.24, 2.45) is 11.8 Å². The first-order valence-electron chi connectivity index (χ1n) is 8.90. The van der Waals surface area contributed by atoms with Gasteiger partial charge in [-0.2, -0.15) is 0 Å². The standard InChI is InChI=1S/C19H28N2O2.ClH/c1-14-2-6-17(18(10-14)23-13-16-3-4-16)12-21-19(22)7-5-15-8-9-20-11-15;/h2,6,10,15-16,20H,3-5,7-9,11-13H2,1H3,(H,21,22);1H. The topological polar surface area (TPSA) is 50.4 Å². The molecule has 2 N–H and O–H groups in total. The van der Waals surface area contributed by atoms with E-state index in [4.69, 9.17) is 4.74 Å². The lowest BCUT2D eigenvalue weighted by Crippen LogP contribution is -2.24. The van der Waals surface area contributed by atoms with Crippen molar-refractivity contribution in [2.45, 2.75) is 45.6 Å². The highest BCUT2D eigenvalue weighted by atomic mass is 35.5. The third-order valence-electron chi connectivity index (χ3n) is 4.81. The molecule has 0 aromatic heterocycles. The quantitative estimate of drug-likeness (QED) is 0.755. The number of benzene rings is 1. The molecule has 0 radical (unpaired) electrons. The van der Waals surface area contributed by atoms with Crippen molar-refractivity contribution in [3.8, 4) is 5.75 Å². The second-order valence-corrected chi connectivity index (χ2v) is 7.04. The first-order valence-corrected chi connectivity index (χ1v) is 8.90. The zero-order chi connectivity index (χ0) is 16.1. The Morgan fingerprint density at radius 1 is 1.29 bits per heavy atom. The summed E-state index contributed by atoms with van der Waals surface area (Å²) in [5, 5.41) is 6.39. The van der Waals surface area contributed by atoms with E-state index in [2.05, 4.69) is 35.8 Å². The molecule has 0 spiro atoms. The molecule has 3 rings (SSSR count). The van der Waals surface area contributed by atoms with Crippen molar-refractivity contribution < 1.29 is 9.53 Å². The third kappa shape index (κ3) is 5.99. The van der Waals surface area contributed by atoms with Crippen molar-refractivity contribution in [2.75, 3.05) is 19.7 Å². The van der Waals surface area contributed by atoms with Crippen LogP contribution >= 0.6 is 12.4 Å². The van der Waals surface area contributed by atoms with Gasteiger partial charge >= 0.3 is 0 Å². The highest BCUT2D eigenvalue weighted by Crippen LogP contribution is 2.30. The maximum atomic E-state index is 12.1. The highest BCUT2D eigenvalue weighted by molar-refractivity contribution is 5.85. The summed E-state index contributed by atoms with van der Waals surface area (Å²) in [5.74, 6) is 2.47. The molecule has 2 aliphatic rings. The molecule has 2 fully saturated rings. The van der Waals surface area contributed by atoms with Crippen LogP contribution in [0.2, 0.25) is 0 Å². The van der Waals surface area contributed by atoms with Gasteiger partial charge in [-0.15, -0.1) is 12.4 Å². The van der Waals surface area contributed by atoms with E-state index in [1.165, 1.54) is 24.8 Å². The molecular weight excluding hydrogens is 324 g/mol. The van der Waals surface area contributed by atoms with Crippen molar-refractivity contribution in [3.05, 3.63) is 29.3 Å². The van der Waals surface area contributed by atoms with Crippen molar-refractivity contribution in [1.82, 2.24) is 10.6 Å². The lowest BCUT2D eigenvalue weighted by atomic mass is 10.0. The second-order valence-electron chi connectivity index (χ2n) is 7.04. The molecule has 1 heterocycles. The van der Waals surface area contributed by atoms with E-state index in [1.807, 2.05) is 0 Å². The van der Waals surface area contributed by atoms with Gasteiger partial charge in [-0.05, 0) is 69.2 Å². The number of nitrogens with one attached hydrogen (secondary N) is 2. The summed E-state index contributed by atoms with van der Waals surface area (Å²) >= 11 is 0. The Morgan fingerprint density at radius 2 is 2.12 bits per heavy atom. The van der Waals surface area contributed by atoms with Crippen LogP contribution in [0.5, 0.6) is 5.75 Å². The van der Waals surface area contributed by atoms with Crippen LogP contribution in [-0.2, 0) is 11.3 Å². The Bertz CT molecular complexity index is 540. The summed E-state index contributed by atoms with van der Waals surface area (Å²) in [7, 11) is 0. The lowest BCUT2D eigenvalue weighted by molar-refractivity contribution is -0.121. The summed E-state index contributed by atoms with van der Waals surface area (Å²) in [5.41, 5.74) is 2.27. The number of hydrogen-bond acceptors (Lipinski definition) is 3. The zero-order valence-corrected chi connectivity index (χ0v) is 15.3. The minimum Gasteiger partial charge on any atom is -0.493 e. The Hall–Kier alpha value is -1.26. The van der Waals surface area contributed by atoms with Crippen molar-refractivity contribution in [1.29, 1.82) is 0 Å². The molecule has 4 nitrogen and oxygen atoms in total. The smallest absolute Gasteiger partial charge is 0.220 e. The predicted octanol–water partition coefficient (Wildman–Crippen LogP) is 3.21. The van der Waals surface area contributed by atoms with Crippen LogP contribution in [0.15, 0.2) is 18.2 Å². The van der Waals surface area contributed by atoms with E-state index in [-0.39, 0.29) is 18.3 Å². The van der Waals surface area contributed by atoms with Crippen LogP contribution < -0.4 is 15.4 Å². The Balaban J connectivity index is 0.00000208. The number of rotatable bonds is 8. The zero-order valence-electron chi connectivity index (χ0n) is 14.5. The van der Waals surface area contributed by atoms with Gasteiger partial charge in [0.2, 0.25) is 5.91 Å². The summed E-state index contributed by atoms with van der Waals surface area (Å²) in [6, 6.07) is 6.22. The van der Waals surface area contributed by atoms with Crippen molar-refractivity contribution >= 4 is 18.3 Å². The van der Waals surface area contributed by atoms with Crippen LogP contribution in [0.25, 0.3) is 0 Å². The minimum atomic E-state index is 0. The molecule has 1 aliphatic carbocycles. The van der Waals surface area contributed by atoms with E-state index in [0.29, 0.717) is 18.9 Å². The number of hydrogen-bond donors (Lipinski definition) is 2. The monoisotopic (exact) mass is 352 g/mol. The number of ether oxygens (including phenoxy) is 1. The van der Waals surface area contributed by atoms with Crippen LogP contribution in [0.4, 0.5) is 0 Å². The Labute approximate surface area is 151 Å². The van der Waals surface area contributed by atoms with Gasteiger partial charge in [0.25, 0.3) is 0 Å². The average molecular weight is 353 g/mol. The van der Waals surface area contributed by atoms with E-state index < -0.39 is 0 Å². The summed E-state index contributed by atoms with van der Waals surface area (Å²) < 4.78 is 5.96. The molecule has 134 valence electrons. The number of amides is 1. The third-order valence-corrected chi connectivity index (χ3v) is 4.81. The fraction of sp³-hybridized carbons (Fsp3) is 0.632. The Morgan fingerprint density at radius 3 is 2.83 bits per heavy atom. The van der Waals surface area contributed by atoms with Gasteiger partial charge in [0.15, 0.2) is 0 Å². The number of halogens is 1. The fourth-order valence-corrected chi connectivity index (χ4v) is 3.01. The lowest BCUT2D eigenvalue weighted by Gasteiger charge is -2.13. The van der Waals surface area contributed by atoms with E-state index >= 15 is 0 Å². The molecule has 1 unspecified atom stereocenters. The molecule has 1 aliphatic heterocycles. The van der Waals surface area contributed by atoms with E-state index in [9.17, 15) is 4.79 Å². The van der Waals surface area contributed by atoms with Crippen LogP contribution in [0.3, 0.4) is 0 Å². The molecule has 1 aromatic rings. The molecule has 1 atom stereocenters. The molecule has 1 saturated carbocycles. The first-order chi connectivity index (χ1) is 11.2. The van der Waals surface area contributed by atoms with Gasteiger partial charge in [-0.3, -0.25) is 4.79 Å². The summed E-state index contributed by atoms with van der Waals surface area (Å²) in [6.07, 6.45) is 5.38. The van der Waals surface area contributed by atoms with Crippen LogP contribution in [-0.4, -0.2) is 25.6 Å². The molecule has 1 saturated heterocycles. The SMILES string of the molecule is Cc1ccc(CNC(=O)CCC2CCNC2)c(OCC2CC2)c1.Cl. The molecule has 0 bridgehead atoms. The second kappa shape index (κ2) is 9.28. The minimum absolute atomic E-state index is 0. The van der Waals surface area contributed by atoms with E-state index in [0.717, 1.165) is 43.3 Å². The molecular formula is C19H29ClN2O2. The molecule has 24 heavy (non-hydrogen) atoms. The largest absolute Gasteiger partial charge is 0.493 e. The average Bonchev–Trinajstić information content (AvgIpc) is 3.23. The van der Waals surface area contributed by atoms with Gasteiger partial charge in [0, 0.05) is 18.5 Å². The van der Waals surface area contributed by atoms with Gasteiger partial charge in [0.1, 0.15) is 5.75 Å². The van der Waals surface area contributed by atoms with Crippen LogP contribution in [0.1, 0.15) is 43.2 Å². The number of carbonyl (C=O) groups excluding carboxylic acids is 1. The molecule has 5 heteroatoms. The van der Waals surface area contributed by atoms with E-state index in [1.54, 1.807) is 0 Å². The highest BCUT2D eigenvalue weighted by Gasteiger charge is 2.22. The molecule has 1 aromatic carbocycles. The summed E-state index contributed by atoms with van der Waals surface area (Å²) in [4.78, 5) is 12.1. The normalized spacial score (nSPS) is 19.6. The fourth-order valence-electron chi connectivity index (χ4n) is 3.01. The predicted molar refractivity (Wildman–Crippen MR) is 98.7 cm³/mol. The molecule has 1 amide bonds. The maximum absolute atomic E-state index is 12.1. The first kappa shape index (κ1) is 19.1. The van der Waals surface area contributed by atoms with Gasteiger partial charge in [-0.1, -0.05) is 12.1 Å². The maximum Gasteiger partial charge on any atom is 0.220 e. The summed E-state index contributed by atoms with van der Waals surface area (Å²) in [6.45, 7) is 5.59.